The van der Waals surface area contributed by atoms with Crippen molar-refractivity contribution in [1.82, 2.24) is 4.98 Å². The Balaban J connectivity index is 1.95. The Morgan fingerprint density at radius 1 is 1.17 bits per heavy atom. The van der Waals surface area contributed by atoms with Crippen LogP contribution in [-0.4, -0.2) is 26.4 Å². The first-order chi connectivity index (χ1) is 14.3. The van der Waals surface area contributed by atoms with Gasteiger partial charge in [0.25, 0.3) is 15.9 Å². The standard InChI is InChI=1S/C21H23N3O4S2/c1-5-16-20(29-12-22-16)21(25)23-15-9-10-17(28-4)18(11-15)30(26,27)24-19-13(2)7-6-8-14(19)3/h6-12,24H,5H2,1-4H3,(H,23,25). The second-order valence-corrected chi connectivity index (χ2v) is 9.18. The number of sulfonamides is 1. The zero-order valence-electron chi connectivity index (χ0n) is 17.1. The Labute approximate surface area is 180 Å². The molecule has 0 aliphatic carbocycles. The molecular weight excluding hydrogens is 422 g/mol. The largest absolute Gasteiger partial charge is 0.495 e. The summed E-state index contributed by atoms with van der Waals surface area (Å²) in [6.45, 7) is 5.58. The molecule has 0 spiro atoms. The maximum absolute atomic E-state index is 13.1. The molecule has 7 nitrogen and oxygen atoms in total. The van der Waals surface area contributed by atoms with Crippen LogP contribution in [0, 0.1) is 13.8 Å². The fraction of sp³-hybridized carbons (Fsp3) is 0.238. The van der Waals surface area contributed by atoms with Gasteiger partial charge < -0.3 is 10.1 Å². The number of para-hydroxylation sites is 1. The lowest BCUT2D eigenvalue weighted by Crippen LogP contribution is -2.17. The summed E-state index contributed by atoms with van der Waals surface area (Å²) in [5.41, 5.74) is 4.80. The summed E-state index contributed by atoms with van der Waals surface area (Å²) in [7, 11) is -2.56. The highest BCUT2D eigenvalue weighted by atomic mass is 32.2. The molecule has 0 atom stereocenters. The van der Waals surface area contributed by atoms with Gasteiger partial charge in [-0.2, -0.15) is 0 Å². The van der Waals surface area contributed by atoms with E-state index in [2.05, 4.69) is 15.0 Å². The lowest BCUT2D eigenvalue weighted by atomic mass is 10.1. The van der Waals surface area contributed by atoms with Crippen LogP contribution in [-0.2, 0) is 16.4 Å². The lowest BCUT2D eigenvalue weighted by molar-refractivity contribution is 0.102. The topological polar surface area (TPSA) is 97.4 Å². The van der Waals surface area contributed by atoms with E-state index in [-0.39, 0.29) is 16.6 Å². The molecule has 1 heterocycles. The van der Waals surface area contributed by atoms with E-state index < -0.39 is 10.0 Å². The summed E-state index contributed by atoms with van der Waals surface area (Å²) in [4.78, 5) is 17.2. The van der Waals surface area contributed by atoms with Gasteiger partial charge in [0.1, 0.15) is 15.5 Å². The molecule has 158 valence electrons. The zero-order valence-corrected chi connectivity index (χ0v) is 18.8. The average Bonchev–Trinajstić information content (AvgIpc) is 3.20. The third-order valence-electron chi connectivity index (χ3n) is 4.61. The normalized spacial score (nSPS) is 11.2. The molecule has 0 unspecified atom stereocenters. The van der Waals surface area contributed by atoms with Crippen molar-refractivity contribution in [3.63, 3.8) is 0 Å². The molecule has 0 bridgehead atoms. The monoisotopic (exact) mass is 445 g/mol. The first-order valence-electron chi connectivity index (χ1n) is 9.27. The number of nitrogens with one attached hydrogen (secondary N) is 2. The van der Waals surface area contributed by atoms with Crippen LogP contribution in [0.5, 0.6) is 5.75 Å². The van der Waals surface area contributed by atoms with Crippen LogP contribution in [0.1, 0.15) is 33.4 Å². The molecule has 2 aromatic carbocycles. The maximum Gasteiger partial charge on any atom is 0.267 e. The Kier molecular flexibility index (Phi) is 6.42. The number of anilines is 2. The molecular formula is C21H23N3O4S2. The lowest BCUT2D eigenvalue weighted by Gasteiger charge is -2.16. The minimum absolute atomic E-state index is 0.0644. The van der Waals surface area contributed by atoms with Gasteiger partial charge in [-0.15, -0.1) is 11.3 Å². The number of methoxy groups -OCH3 is 1. The third-order valence-corrected chi connectivity index (χ3v) is 6.85. The van der Waals surface area contributed by atoms with Crippen LogP contribution in [0.4, 0.5) is 11.4 Å². The zero-order chi connectivity index (χ0) is 21.9. The first-order valence-corrected chi connectivity index (χ1v) is 11.6. The fourth-order valence-corrected chi connectivity index (χ4v) is 5.20. The SMILES string of the molecule is CCc1ncsc1C(=O)Nc1ccc(OC)c(S(=O)(=O)Nc2c(C)cccc2C)c1. The molecule has 0 radical (unpaired) electrons. The van der Waals surface area contributed by atoms with Gasteiger partial charge in [0.05, 0.1) is 24.0 Å². The van der Waals surface area contributed by atoms with Crippen molar-refractivity contribution in [1.29, 1.82) is 0 Å². The van der Waals surface area contributed by atoms with Crippen molar-refractivity contribution < 1.29 is 17.9 Å². The van der Waals surface area contributed by atoms with Crippen molar-refractivity contribution in [2.24, 2.45) is 0 Å². The number of carbonyl (C=O) groups excluding carboxylic acids is 1. The number of hydrogen-bond donors (Lipinski definition) is 2. The van der Waals surface area contributed by atoms with E-state index in [1.807, 2.05) is 39.0 Å². The number of benzene rings is 2. The molecule has 30 heavy (non-hydrogen) atoms. The summed E-state index contributed by atoms with van der Waals surface area (Å²) < 4.78 is 34.2. The second-order valence-electron chi connectivity index (χ2n) is 6.67. The molecule has 3 aromatic rings. The van der Waals surface area contributed by atoms with Crippen molar-refractivity contribution in [2.75, 3.05) is 17.1 Å². The van der Waals surface area contributed by atoms with Crippen molar-refractivity contribution in [2.45, 2.75) is 32.1 Å². The van der Waals surface area contributed by atoms with E-state index in [1.165, 1.54) is 30.6 Å². The minimum Gasteiger partial charge on any atom is -0.495 e. The van der Waals surface area contributed by atoms with Crippen LogP contribution >= 0.6 is 11.3 Å². The Morgan fingerprint density at radius 3 is 2.50 bits per heavy atom. The summed E-state index contributed by atoms with van der Waals surface area (Å²) in [5.74, 6) is -0.149. The summed E-state index contributed by atoms with van der Waals surface area (Å²) in [6, 6.07) is 10.0. The van der Waals surface area contributed by atoms with Gasteiger partial charge in [-0.25, -0.2) is 13.4 Å². The number of hydrogen-bond acceptors (Lipinski definition) is 6. The van der Waals surface area contributed by atoms with Gasteiger partial charge in [0, 0.05) is 5.69 Å². The minimum atomic E-state index is -3.96. The number of nitrogens with zero attached hydrogens (tertiary/aromatic N) is 1. The predicted octanol–water partition coefficient (Wildman–Crippen LogP) is 4.38. The highest BCUT2D eigenvalue weighted by Crippen LogP contribution is 2.31. The summed E-state index contributed by atoms with van der Waals surface area (Å²) >= 11 is 1.25. The third kappa shape index (κ3) is 4.47. The fourth-order valence-electron chi connectivity index (χ4n) is 3.02. The maximum atomic E-state index is 13.1. The van der Waals surface area contributed by atoms with Gasteiger partial charge in [-0.1, -0.05) is 25.1 Å². The van der Waals surface area contributed by atoms with Crippen LogP contribution in [0.25, 0.3) is 0 Å². The van der Waals surface area contributed by atoms with Crippen LogP contribution in [0.2, 0.25) is 0 Å². The second kappa shape index (κ2) is 8.85. The first kappa shape index (κ1) is 21.8. The Morgan fingerprint density at radius 2 is 1.87 bits per heavy atom. The molecule has 0 fully saturated rings. The van der Waals surface area contributed by atoms with Gasteiger partial charge >= 0.3 is 0 Å². The molecule has 1 amide bonds. The molecule has 0 aliphatic heterocycles. The number of thiazole rings is 1. The quantitative estimate of drug-likeness (QED) is 0.562. The number of rotatable bonds is 7. The Bertz CT molecular complexity index is 1170. The number of aryl methyl sites for hydroxylation is 3. The molecule has 1 aromatic heterocycles. The van der Waals surface area contributed by atoms with Gasteiger partial charge in [0.15, 0.2) is 0 Å². The van der Waals surface area contributed by atoms with E-state index in [9.17, 15) is 13.2 Å². The van der Waals surface area contributed by atoms with Crippen LogP contribution in [0.15, 0.2) is 46.8 Å². The molecule has 9 heteroatoms. The van der Waals surface area contributed by atoms with Crippen LogP contribution < -0.4 is 14.8 Å². The van der Waals surface area contributed by atoms with Gasteiger partial charge in [0.2, 0.25) is 0 Å². The van der Waals surface area contributed by atoms with Gasteiger partial charge in [-0.3, -0.25) is 9.52 Å². The van der Waals surface area contributed by atoms with Crippen molar-refractivity contribution in [3.05, 3.63) is 63.6 Å². The molecule has 0 saturated carbocycles. The summed E-state index contributed by atoms with van der Waals surface area (Å²) in [5, 5.41) is 2.75. The van der Waals surface area contributed by atoms with Crippen LogP contribution in [0.3, 0.4) is 0 Å². The Hall–Kier alpha value is -2.91. The summed E-state index contributed by atoms with van der Waals surface area (Å²) in [6.07, 6.45) is 0.633. The predicted molar refractivity (Wildman–Crippen MR) is 119 cm³/mol. The van der Waals surface area contributed by atoms with Gasteiger partial charge in [-0.05, 0) is 49.6 Å². The average molecular weight is 446 g/mol. The highest BCUT2D eigenvalue weighted by molar-refractivity contribution is 7.92. The van der Waals surface area contributed by atoms with Crippen molar-refractivity contribution in [3.8, 4) is 5.75 Å². The van der Waals surface area contributed by atoms with Crippen molar-refractivity contribution >= 4 is 38.6 Å². The van der Waals surface area contributed by atoms with E-state index in [0.29, 0.717) is 28.4 Å². The smallest absolute Gasteiger partial charge is 0.267 e. The van der Waals surface area contributed by atoms with E-state index in [4.69, 9.17) is 4.74 Å². The number of aromatic nitrogens is 1. The molecule has 0 saturated heterocycles. The molecule has 3 rings (SSSR count). The van der Waals surface area contributed by atoms with E-state index in [1.54, 1.807) is 11.6 Å². The highest BCUT2D eigenvalue weighted by Gasteiger charge is 2.23. The number of ether oxygens (including phenoxy) is 1. The number of amides is 1. The number of carbonyl (C=O) groups is 1. The molecule has 0 aliphatic rings. The van der Waals surface area contributed by atoms with E-state index >= 15 is 0 Å². The van der Waals surface area contributed by atoms with E-state index in [0.717, 1.165) is 11.1 Å². The molecule has 2 N–H and O–H groups in total.